The summed E-state index contributed by atoms with van der Waals surface area (Å²) in [4.78, 5) is 12.1. The van der Waals surface area contributed by atoms with Crippen molar-refractivity contribution in [2.24, 2.45) is 0 Å². The monoisotopic (exact) mass is 402 g/mol. The van der Waals surface area contributed by atoms with Crippen LogP contribution in [-0.4, -0.2) is 18.6 Å². The normalized spacial score (nSPS) is 11.7. The van der Waals surface area contributed by atoms with Gasteiger partial charge in [-0.2, -0.15) is 0 Å². The van der Waals surface area contributed by atoms with Gasteiger partial charge in [0.25, 0.3) is 5.91 Å². The lowest BCUT2D eigenvalue weighted by Gasteiger charge is -2.14. The quantitative estimate of drug-likeness (QED) is 0.495. The average Bonchev–Trinajstić information content (AvgIpc) is 2.77. The van der Waals surface area contributed by atoms with E-state index in [-0.39, 0.29) is 12.5 Å². The van der Waals surface area contributed by atoms with Gasteiger partial charge in [-0.25, -0.2) is 0 Å². The van der Waals surface area contributed by atoms with Crippen molar-refractivity contribution in [3.8, 4) is 5.75 Å². The third-order valence-corrected chi connectivity index (χ3v) is 4.97. The second-order valence-electron chi connectivity index (χ2n) is 7.66. The number of ether oxygens (including phenoxy) is 1. The molecule has 0 aliphatic rings. The fraction of sp³-hybridized carbons (Fsp3) is 0.269. The molecule has 3 rings (SSSR count). The van der Waals surface area contributed by atoms with Crippen LogP contribution in [0.4, 0.5) is 5.69 Å². The van der Waals surface area contributed by atoms with E-state index in [4.69, 9.17) is 4.74 Å². The van der Waals surface area contributed by atoms with Gasteiger partial charge in [-0.3, -0.25) is 4.79 Å². The molecule has 2 N–H and O–H groups in total. The molecule has 0 aliphatic carbocycles. The number of anilines is 1. The van der Waals surface area contributed by atoms with Crippen molar-refractivity contribution in [3.63, 3.8) is 0 Å². The molecule has 0 saturated heterocycles. The zero-order valence-corrected chi connectivity index (χ0v) is 17.7. The molecule has 0 aromatic heterocycles. The van der Waals surface area contributed by atoms with Crippen LogP contribution in [0.15, 0.2) is 78.9 Å². The van der Waals surface area contributed by atoms with Crippen molar-refractivity contribution in [1.82, 2.24) is 5.32 Å². The van der Waals surface area contributed by atoms with Gasteiger partial charge in [0, 0.05) is 18.3 Å². The Hall–Kier alpha value is -3.11. The standard InChI is InChI=1S/C26H30N2O2/c1-20-11-15-24(16-12-20)28-26(29)19-30-25-10-6-9-23(17-25)18-27-21(2)13-14-22-7-4-3-5-8-22/h3-12,15-17,21,27H,13-14,18-19H2,1-2H3,(H,28,29)/t21-/m1/s1. The largest absolute Gasteiger partial charge is 0.484 e. The minimum absolute atomic E-state index is 0.0156. The highest BCUT2D eigenvalue weighted by Gasteiger charge is 2.06. The molecule has 0 bridgehead atoms. The van der Waals surface area contributed by atoms with E-state index in [1.54, 1.807) is 0 Å². The van der Waals surface area contributed by atoms with Crippen molar-refractivity contribution in [2.45, 2.75) is 39.3 Å². The predicted octanol–water partition coefficient (Wildman–Crippen LogP) is 5.12. The van der Waals surface area contributed by atoms with E-state index in [2.05, 4.69) is 47.9 Å². The minimum atomic E-state index is -0.170. The topological polar surface area (TPSA) is 50.4 Å². The van der Waals surface area contributed by atoms with Gasteiger partial charge in [-0.15, -0.1) is 0 Å². The van der Waals surface area contributed by atoms with Gasteiger partial charge in [-0.1, -0.05) is 60.2 Å². The van der Waals surface area contributed by atoms with Crippen LogP contribution >= 0.6 is 0 Å². The molecule has 0 unspecified atom stereocenters. The molecule has 156 valence electrons. The maximum absolute atomic E-state index is 12.1. The van der Waals surface area contributed by atoms with Gasteiger partial charge in [0.05, 0.1) is 0 Å². The van der Waals surface area contributed by atoms with Crippen LogP contribution in [0.1, 0.15) is 30.0 Å². The summed E-state index contributed by atoms with van der Waals surface area (Å²) in [5, 5.41) is 6.41. The molecule has 1 atom stereocenters. The van der Waals surface area contributed by atoms with E-state index in [1.165, 1.54) is 5.56 Å². The summed E-state index contributed by atoms with van der Waals surface area (Å²) in [6.45, 7) is 4.97. The molecular weight excluding hydrogens is 372 g/mol. The van der Waals surface area contributed by atoms with Crippen molar-refractivity contribution in [3.05, 3.63) is 95.6 Å². The van der Waals surface area contributed by atoms with Crippen LogP contribution in [-0.2, 0) is 17.8 Å². The number of aryl methyl sites for hydroxylation is 2. The fourth-order valence-electron chi connectivity index (χ4n) is 3.15. The highest BCUT2D eigenvalue weighted by atomic mass is 16.5. The zero-order valence-electron chi connectivity index (χ0n) is 17.7. The number of carbonyl (C=O) groups excluding carboxylic acids is 1. The summed E-state index contributed by atoms with van der Waals surface area (Å²) in [6.07, 6.45) is 2.15. The first-order valence-electron chi connectivity index (χ1n) is 10.4. The third-order valence-electron chi connectivity index (χ3n) is 4.97. The van der Waals surface area contributed by atoms with Gasteiger partial charge in [0.2, 0.25) is 0 Å². The Morgan fingerprint density at radius 2 is 1.67 bits per heavy atom. The molecule has 3 aromatic carbocycles. The molecule has 4 heteroatoms. The van der Waals surface area contributed by atoms with Crippen molar-refractivity contribution in [1.29, 1.82) is 0 Å². The fourth-order valence-corrected chi connectivity index (χ4v) is 3.15. The van der Waals surface area contributed by atoms with Gasteiger partial charge in [0.1, 0.15) is 5.75 Å². The molecule has 0 heterocycles. The van der Waals surface area contributed by atoms with Crippen LogP contribution in [0.2, 0.25) is 0 Å². The first-order valence-corrected chi connectivity index (χ1v) is 10.4. The van der Waals surface area contributed by atoms with E-state index in [0.717, 1.165) is 36.2 Å². The van der Waals surface area contributed by atoms with Gasteiger partial charge >= 0.3 is 0 Å². The summed E-state index contributed by atoms with van der Waals surface area (Å²) in [5.74, 6) is 0.530. The number of nitrogens with one attached hydrogen (secondary N) is 2. The van der Waals surface area contributed by atoms with Crippen LogP contribution < -0.4 is 15.4 Å². The molecule has 0 saturated carbocycles. The van der Waals surface area contributed by atoms with Crippen molar-refractivity contribution < 1.29 is 9.53 Å². The Morgan fingerprint density at radius 3 is 2.43 bits per heavy atom. The molecule has 4 nitrogen and oxygen atoms in total. The first-order chi connectivity index (χ1) is 14.6. The third kappa shape index (κ3) is 7.37. The Labute approximate surface area is 179 Å². The molecule has 30 heavy (non-hydrogen) atoms. The Kier molecular flexibility index (Phi) is 8.04. The lowest BCUT2D eigenvalue weighted by atomic mass is 10.1. The molecule has 0 aliphatic heterocycles. The van der Waals surface area contributed by atoms with Crippen LogP contribution in [0.5, 0.6) is 5.75 Å². The lowest BCUT2D eigenvalue weighted by molar-refractivity contribution is -0.118. The molecule has 0 fully saturated rings. The van der Waals surface area contributed by atoms with Gasteiger partial charge in [-0.05, 0) is 62.1 Å². The van der Waals surface area contributed by atoms with E-state index in [9.17, 15) is 4.79 Å². The number of hydrogen-bond donors (Lipinski definition) is 2. The van der Waals surface area contributed by atoms with Crippen molar-refractivity contribution >= 4 is 11.6 Å². The highest BCUT2D eigenvalue weighted by Crippen LogP contribution is 2.14. The van der Waals surface area contributed by atoms with E-state index in [0.29, 0.717) is 11.8 Å². The Bertz CT molecular complexity index is 923. The van der Waals surface area contributed by atoms with Crippen LogP contribution in [0.25, 0.3) is 0 Å². The number of rotatable bonds is 10. The molecule has 1 amide bonds. The zero-order chi connectivity index (χ0) is 21.2. The molecule has 3 aromatic rings. The number of benzene rings is 3. The Balaban J connectivity index is 1.41. The number of amides is 1. The summed E-state index contributed by atoms with van der Waals surface area (Å²) < 4.78 is 5.68. The maximum atomic E-state index is 12.1. The number of hydrogen-bond acceptors (Lipinski definition) is 3. The molecule has 0 radical (unpaired) electrons. The average molecular weight is 403 g/mol. The maximum Gasteiger partial charge on any atom is 0.262 e. The second-order valence-corrected chi connectivity index (χ2v) is 7.66. The summed E-state index contributed by atoms with van der Waals surface area (Å²) in [6, 6.07) is 26.6. The smallest absolute Gasteiger partial charge is 0.262 e. The lowest BCUT2D eigenvalue weighted by Crippen LogP contribution is -2.26. The van der Waals surface area contributed by atoms with E-state index in [1.807, 2.05) is 55.5 Å². The van der Waals surface area contributed by atoms with E-state index < -0.39 is 0 Å². The predicted molar refractivity (Wildman–Crippen MR) is 123 cm³/mol. The van der Waals surface area contributed by atoms with Gasteiger partial charge in [0.15, 0.2) is 6.61 Å². The Morgan fingerprint density at radius 1 is 0.933 bits per heavy atom. The number of carbonyl (C=O) groups is 1. The second kappa shape index (κ2) is 11.2. The van der Waals surface area contributed by atoms with Gasteiger partial charge < -0.3 is 15.4 Å². The SMILES string of the molecule is Cc1ccc(NC(=O)COc2cccc(CN[C@H](C)CCc3ccccc3)c2)cc1. The van der Waals surface area contributed by atoms with Crippen LogP contribution in [0.3, 0.4) is 0 Å². The summed E-state index contributed by atoms with van der Waals surface area (Å²) in [5.41, 5.74) is 4.43. The van der Waals surface area contributed by atoms with Crippen molar-refractivity contribution in [2.75, 3.05) is 11.9 Å². The molecule has 0 spiro atoms. The summed E-state index contributed by atoms with van der Waals surface area (Å²) in [7, 11) is 0. The van der Waals surface area contributed by atoms with Crippen LogP contribution in [0, 0.1) is 6.92 Å². The minimum Gasteiger partial charge on any atom is -0.484 e. The first kappa shape index (κ1) is 21.6. The van der Waals surface area contributed by atoms with E-state index >= 15 is 0 Å². The summed E-state index contributed by atoms with van der Waals surface area (Å²) >= 11 is 0. The highest BCUT2D eigenvalue weighted by molar-refractivity contribution is 5.91. The molecular formula is C26H30N2O2.